The SMILES string of the molecule is CCCN(CCC)CCC.OB(O)O. The van der Waals surface area contributed by atoms with Gasteiger partial charge in [0, 0.05) is 0 Å². The Balaban J connectivity index is 0. The first kappa shape index (κ1) is 16.3. The summed E-state index contributed by atoms with van der Waals surface area (Å²) in [4.78, 5) is 2.54. The summed E-state index contributed by atoms with van der Waals surface area (Å²) in [7, 11) is -2.17. The first-order valence-electron chi connectivity index (χ1n) is 5.34. The molecule has 4 nitrogen and oxygen atoms in total. The zero-order valence-corrected chi connectivity index (χ0v) is 9.61. The molecule has 86 valence electrons. The Bertz CT molecular complexity index is 87.0. The van der Waals surface area contributed by atoms with Crippen LogP contribution in [-0.4, -0.2) is 46.9 Å². The van der Waals surface area contributed by atoms with Crippen molar-refractivity contribution in [2.24, 2.45) is 0 Å². The van der Waals surface area contributed by atoms with E-state index in [1.807, 2.05) is 0 Å². The van der Waals surface area contributed by atoms with Crippen LogP contribution >= 0.6 is 0 Å². The normalized spacial score (nSPS) is 9.64. The molecule has 0 rings (SSSR count). The summed E-state index contributed by atoms with van der Waals surface area (Å²) < 4.78 is 0. The Hall–Kier alpha value is -0.0951. The minimum absolute atomic E-state index is 1.28. The summed E-state index contributed by atoms with van der Waals surface area (Å²) in [5.74, 6) is 0. The lowest BCUT2D eigenvalue weighted by molar-refractivity contribution is 0.275. The molecule has 0 saturated carbocycles. The molecule has 0 amide bonds. The van der Waals surface area contributed by atoms with Crippen molar-refractivity contribution in [3.05, 3.63) is 0 Å². The first-order valence-corrected chi connectivity index (χ1v) is 5.34. The molecule has 0 aromatic rings. The third-order valence-corrected chi connectivity index (χ3v) is 1.62. The monoisotopic (exact) mass is 205 g/mol. The molecule has 0 radical (unpaired) electrons. The van der Waals surface area contributed by atoms with Crippen LogP contribution < -0.4 is 0 Å². The van der Waals surface area contributed by atoms with E-state index in [1.54, 1.807) is 0 Å². The highest BCUT2D eigenvalue weighted by Crippen LogP contribution is 1.94. The Labute approximate surface area is 87.7 Å². The van der Waals surface area contributed by atoms with Crippen molar-refractivity contribution in [2.75, 3.05) is 19.6 Å². The van der Waals surface area contributed by atoms with Crippen LogP contribution in [0.3, 0.4) is 0 Å². The van der Waals surface area contributed by atoms with Crippen molar-refractivity contribution >= 4 is 7.32 Å². The van der Waals surface area contributed by atoms with Gasteiger partial charge in [0.05, 0.1) is 0 Å². The van der Waals surface area contributed by atoms with Crippen molar-refractivity contribution in [3.63, 3.8) is 0 Å². The van der Waals surface area contributed by atoms with E-state index in [4.69, 9.17) is 15.1 Å². The molecule has 0 bridgehead atoms. The van der Waals surface area contributed by atoms with Crippen LogP contribution in [0.15, 0.2) is 0 Å². The lowest BCUT2D eigenvalue weighted by atomic mass is 10.3. The van der Waals surface area contributed by atoms with Gasteiger partial charge < -0.3 is 20.0 Å². The lowest BCUT2D eigenvalue weighted by Gasteiger charge is -2.19. The molecular formula is C9H24BNO3. The molecule has 0 aliphatic carbocycles. The summed E-state index contributed by atoms with van der Waals surface area (Å²) in [5.41, 5.74) is 0. The van der Waals surface area contributed by atoms with E-state index in [0.29, 0.717) is 0 Å². The summed E-state index contributed by atoms with van der Waals surface area (Å²) >= 11 is 0. The fourth-order valence-electron chi connectivity index (χ4n) is 1.28. The van der Waals surface area contributed by atoms with E-state index in [1.165, 1.54) is 38.9 Å². The van der Waals surface area contributed by atoms with Gasteiger partial charge in [-0.05, 0) is 38.9 Å². The molecule has 0 fully saturated rings. The molecule has 0 aliphatic heterocycles. The van der Waals surface area contributed by atoms with Gasteiger partial charge in [0.15, 0.2) is 0 Å². The maximum Gasteiger partial charge on any atom is 0.631 e. The third-order valence-electron chi connectivity index (χ3n) is 1.62. The Morgan fingerprint density at radius 3 is 1.14 bits per heavy atom. The van der Waals surface area contributed by atoms with E-state index in [0.717, 1.165) is 0 Å². The average molecular weight is 205 g/mol. The van der Waals surface area contributed by atoms with E-state index in [2.05, 4.69) is 25.7 Å². The maximum atomic E-state index is 7.17. The molecule has 14 heavy (non-hydrogen) atoms. The Morgan fingerprint density at radius 2 is 1.00 bits per heavy atom. The van der Waals surface area contributed by atoms with Crippen molar-refractivity contribution in [1.82, 2.24) is 4.90 Å². The first-order chi connectivity index (χ1) is 6.58. The molecule has 0 aliphatic rings. The van der Waals surface area contributed by atoms with Gasteiger partial charge in [-0.2, -0.15) is 0 Å². The minimum Gasteiger partial charge on any atom is -0.402 e. The zero-order valence-electron chi connectivity index (χ0n) is 9.61. The lowest BCUT2D eigenvalue weighted by Crippen LogP contribution is -2.25. The summed E-state index contributed by atoms with van der Waals surface area (Å²) in [5, 5.41) is 21.5. The molecule has 3 N–H and O–H groups in total. The number of hydrogen-bond donors (Lipinski definition) is 3. The number of nitrogens with zero attached hydrogens (tertiary/aromatic N) is 1. The molecule has 0 saturated heterocycles. The standard InChI is InChI=1S/C9H21N.BH3O3/c1-4-7-10(8-5-2)9-6-3;2-1(3)4/h4-9H2,1-3H3;2-4H. The fraction of sp³-hybridized carbons (Fsp3) is 1.00. The van der Waals surface area contributed by atoms with Gasteiger partial charge in [0.25, 0.3) is 0 Å². The molecule has 5 heteroatoms. The minimum atomic E-state index is -2.17. The van der Waals surface area contributed by atoms with Gasteiger partial charge in [-0.3, -0.25) is 0 Å². The van der Waals surface area contributed by atoms with Gasteiger partial charge in [0.1, 0.15) is 0 Å². The summed E-state index contributed by atoms with van der Waals surface area (Å²) in [6, 6.07) is 0. The van der Waals surface area contributed by atoms with Gasteiger partial charge in [-0.25, -0.2) is 0 Å². The van der Waals surface area contributed by atoms with Crippen molar-refractivity contribution in [1.29, 1.82) is 0 Å². The average Bonchev–Trinajstić information content (AvgIpc) is 2.04. The smallest absolute Gasteiger partial charge is 0.402 e. The largest absolute Gasteiger partial charge is 0.631 e. The summed E-state index contributed by atoms with van der Waals surface area (Å²) in [6.45, 7) is 10.6. The zero-order chi connectivity index (χ0) is 11.4. The van der Waals surface area contributed by atoms with E-state index >= 15 is 0 Å². The molecular weight excluding hydrogens is 181 g/mol. The number of rotatable bonds is 6. The van der Waals surface area contributed by atoms with Gasteiger partial charge in [-0.1, -0.05) is 20.8 Å². The quantitative estimate of drug-likeness (QED) is 0.551. The van der Waals surface area contributed by atoms with E-state index < -0.39 is 7.32 Å². The van der Waals surface area contributed by atoms with E-state index in [9.17, 15) is 0 Å². The second kappa shape index (κ2) is 12.9. The Kier molecular flexibility index (Phi) is 15.1. The second-order valence-corrected chi connectivity index (χ2v) is 3.19. The van der Waals surface area contributed by atoms with E-state index in [-0.39, 0.29) is 0 Å². The van der Waals surface area contributed by atoms with Crippen LogP contribution in [0.4, 0.5) is 0 Å². The van der Waals surface area contributed by atoms with Gasteiger partial charge >= 0.3 is 7.32 Å². The van der Waals surface area contributed by atoms with Gasteiger partial charge in [-0.15, -0.1) is 0 Å². The van der Waals surface area contributed by atoms with Crippen molar-refractivity contribution < 1.29 is 15.1 Å². The Morgan fingerprint density at radius 1 is 0.786 bits per heavy atom. The predicted octanol–water partition coefficient (Wildman–Crippen LogP) is 0.467. The fourth-order valence-corrected chi connectivity index (χ4v) is 1.28. The van der Waals surface area contributed by atoms with Crippen molar-refractivity contribution in [3.8, 4) is 0 Å². The van der Waals surface area contributed by atoms with Crippen LogP contribution in [0.2, 0.25) is 0 Å². The molecule has 0 atom stereocenters. The topological polar surface area (TPSA) is 63.9 Å². The van der Waals surface area contributed by atoms with Crippen molar-refractivity contribution in [2.45, 2.75) is 40.0 Å². The van der Waals surface area contributed by atoms with Crippen LogP contribution in [0, 0.1) is 0 Å². The molecule has 0 aromatic heterocycles. The van der Waals surface area contributed by atoms with Gasteiger partial charge in [0.2, 0.25) is 0 Å². The second-order valence-electron chi connectivity index (χ2n) is 3.19. The molecule has 0 aromatic carbocycles. The molecule has 0 unspecified atom stereocenters. The highest BCUT2D eigenvalue weighted by Gasteiger charge is 1.98. The number of hydrogen-bond acceptors (Lipinski definition) is 4. The summed E-state index contributed by atoms with van der Waals surface area (Å²) in [6.07, 6.45) is 3.88. The highest BCUT2D eigenvalue weighted by molar-refractivity contribution is 6.30. The van der Waals surface area contributed by atoms with Crippen LogP contribution in [0.1, 0.15) is 40.0 Å². The third kappa shape index (κ3) is 17.9. The predicted molar refractivity (Wildman–Crippen MR) is 59.7 cm³/mol. The molecule has 0 spiro atoms. The molecule has 0 heterocycles. The van der Waals surface area contributed by atoms with Crippen LogP contribution in [0.5, 0.6) is 0 Å². The highest BCUT2D eigenvalue weighted by atomic mass is 16.5. The maximum absolute atomic E-state index is 7.17. The van der Waals surface area contributed by atoms with Crippen LogP contribution in [-0.2, 0) is 0 Å². The van der Waals surface area contributed by atoms with Crippen LogP contribution in [0.25, 0.3) is 0 Å².